The number of rotatable bonds is 9. The molecule has 1 aliphatic heterocycles. The number of benzene rings is 1. The van der Waals surface area contributed by atoms with Crippen molar-refractivity contribution in [1.29, 1.82) is 0 Å². The van der Waals surface area contributed by atoms with Gasteiger partial charge in [0.25, 0.3) is 0 Å². The van der Waals surface area contributed by atoms with Crippen LogP contribution in [0.1, 0.15) is 31.7 Å². The lowest BCUT2D eigenvalue weighted by molar-refractivity contribution is -0.174. The molecule has 1 heterocycles. The van der Waals surface area contributed by atoms with Gasteiger partial charge in [0.1, 0.15) is 11.6 Å². The molecule has 0 bridgehead atoms. The highest BCUT2D eigenvalue weighted by Gasteiger charge is 2.50. The molecule has 1 aromatic carbocycles. The summed E-state index contributed by atoms with van der Waals surface area (Å²) in [6, 6.07) is 6.63. The minimum Gasteiger partial charge on any atom is -0.361 e. The number of ketones is 1. The molecule has 2 amide bonds. The van der Waals surface area contributed by atoms with Crippen molar-refractivity contribution in [1.82, 2.24) is 10.6 Å². The molecule has 2 N–H and O–H groups in total. The van der Waals surface area contributed by atoms with E-state index in [1.807, 2.05) is 6.07 Å². The summed E-state index contributed by atoms with van der Waals surface area (Å²) in [5.74, 6) is -3.22. The Labute approximate surface area is 166 Å². The molecule has 0 spiro atoms. The van der Waals surface area contributed by atoms with Gasteiger partial charge in [-0.25, -0.2) is 0 Å². The second-order valence-corrected chi connectivity index (χ2v) is 7.84. The minimum atomic E-state index is -5.09. The van der Waals surface area contributed by atoms with Crippen molar-refractivity contribution in [3.63, 3.8) is 0 Å². The van der Waals surface area contributed by atoms with E-state index in [9.17, 15) is 27.6 Å². The summed E-state index contributed by atoms with van der Waals surface area (Å²) in [5.41, 5.74) is -0.220. The zero-order valence-electron chi connectivity index (χ0n) is 15.9. The molecule has 1 saturated heterocycles. The first-order chi connectivity index (χ1) is 13.6. The lowest BCUT2D eigenvalue weighted by Gasteiger charge is -2.24. The number of carbonyl (C=O) groups excluding carboxylic acids is 3. The fourth-order valence-corrected chi connectivity index (χ4v) is 3.11. The highest BCUT2D eigenvalue weighted by Crippen LogP contribution is 2.34. The van der Waals surface area contributed by atoms with Gasteiger partial charge in [-0.1, -0.05) is 43.2 Å². The number of nitrogens with one attached hydrogen (secondary N) is 2. The van der Waals surface area contributed by atoms with E-state index in [2.05, 4.69) is 5.32 Å². The van der Waals surface area contributed by atoms with Crippen molar-refractivity contribution in [3.05, 3.63) is 35.9 Å². The van der Waals surface area contributed by atoms with Crippen molar-refractivity contribution in [2.24, 2.45) is 5.92 Å². The number of amides is 2. The average Bonchev–Trinajstić information content (AvgIpc) is 3.58. The fourth-order valence-electron chi connectivity index (χ4n) is 3.11. The Balaban J connectivity index is 1.73. The second-order valence-electron chi connectivity index (χ2n) is 7.84. The third-order valence-electron chi connectivity index (χ3n) is 5.16. The van der Waals surface area contributed by atoms with Crippen LogP contribution in [-0.4, -0.2) is 48.1 Å². The lowest BCUT2D eigenvalue weighted by atomic mass is 9.94. The van der Waals surface area contributed by atoms with Crippen molar-refractivity contribution >= 4 is 17.6 Å². The van der Waals surface area contributed by atoms with E-state index in [1.54, 1.807) is 36.5 Å². The molecule has 1 aliphatic carbocycles. The van der Waals surface area contributed by atoms with Crippen LogP contribution in [0.4, 0.5) is 13.2 Å². The summed E-state index contributed by atoms with van der Waals surface area (Å²) in [7, 11) is 0. The fraction of sp³-hybridized carbons (Fsp3) is 0.550. The molecule has 0 unspecified atom stereocenters. The summed E-state index contributed by atoms with van der Waals surface area (Å²) in [6.45, 7) is 1.83. The normalized spacial score (nSPS) is 23.0. The zero-order valence-corrected chi connectivity index (χ0v) is 15.9. The van der Waals surface area contributed by atoms with Crippen molar-refractivity contribution in [3.8, 4) is 0 Å². The standard InChI is InChI=1S/C20H23F3N2O4/c1-19(11-29-19)16(26)14(9-12-5-3-2-4-6-12)24-17(27)15(10-13-7-8-13)25-18(28)20(21,22)23/h2-6,13-15H,7-11H2,1H3,(H,24,27)(H,25,28)/t14-,15-,19+/m0/s1. The minimum absolute atomic E-state index is 0.0897. The third kappa shape index (κ3) is 5.79. The van der Waals surface area contributed by atoms with E-state index in [0.29, 0.717) is 0 Å². The first kappa shape index (κ1) is 21.3. The van der Waals surface area contributed by atoms with Gasteiger partial charge in [-0.2, -0.15) is 13.2 Å². The van der Waals surface area contributed by atoms with Gasteiger partial charge < -0.3 is 15.4 Å². The van der Waals surface area contributed by atoms with Crippen LogP contribution in [0.5, 0.6) is 0 Å². The molecular weight excluding hydrogens is 389 g/mol. The highest BCUT2D eigenvalue weighted by atomic mass is 19.4. The zero-order chi connectivity index (χ0) is 21.2. The Hall–Kier alpha value is -2.42. The molecule has 158 valence electrons. The van der Waals surface area contributed by atoms with E-state index >= 15 is 0 Å². The van der Waals surface area contributed by atoms with Crippen LogP contribution in [0.3, 0.4) is 0 Å². The quantitative estimate of drug-likeness (QED) is 0.607. The summed E-state index contributed by atoms with van der Waals surface area (Å²) in [5, 5.41) is 4.32. The molecule has 0 radical (unpaired) electrons. The Morgan fingerprint density at radius 2 is 1.76 bits per heavy atom. The van der Waals surface area contributed by atoms with Gasteiger partial charge in [-0.15, -0.1) is 0 Å². The van der Waals surface area contributed by atoms with Crippen molar-refractivity contribution in [2.45, 2.75) is 56.5 Å². The molecule has 1 saturated carbocycles. The van der Waals surface area contributed by atoms with Crippen molar-refractivity contribution < 1.29 is 32.3 Å². The number of ether oxygens (including phenoxy) is 1. The Morgan fingerprint density at radius 1 is 1.14 bits per heavy atom. The largest absolute Gasteiger partial charge is 0.471 e. The van der Waals surface area contributed by atoms with Gasteiger partial charge in [0.2, 0.25) is 5.91 Å². The van der Waals surface area contributed by atoms with E-state index < -0.39 is 35.7 Å². The molecule has 3 atom stereocenters. The number of Topliss-reactive ketones (excluding diaryl/α,β-unsaturated/α-hetero) is 1. The van der Waals surface area contributed by atoms with Crippen LogP contribution in [0.2, 0.25) is 0 Å². The van der Waals surface area contributed by atoms with Gasteiger partial charge in [0.05, 0.1) is 12.6 Å². The van der Waals surface area contributed by atoms with Crippen LogP contribution < -0.4 is 10.6 Å². The number of halogens is 3. The van der Waals surface area contributed by atoms with Crippen LogP contribution in [0.15, 0.2) is 30.3 Å². The predicted molar refractivity (Wildman–Crippen MR) is 96.8 cm³/mol. The second kappa shape index (κ2) is 8.14. The van der Waals surface area contributed by atoms with Crippen LogP contribution >= 0.6 is 0 Å². The maximum absolute atomic E-state index is 12.8. The first-order valence-electron chi connectivity index (χ1n) is 9.49. The molecule has 29 heavy (non-hydrogen) atoms. The molecular formula is C20H23F3N2O4. The number of hydrogen-bond donors (Lipinski definition) is 2. The predicted octanol–water partition coefficient (Wildman–Crippen LogP) is 1.92. The Kier molecular flexibility index (Phi) is 5.97. The van der Waals surface area contributed by atoms with E-state index in [0.717, 1.165) is 18.4 Å². The summed E-state index contributed by atoms with van der Waals surface area (Å²) in [6.07, 6.45) is -3.22. The summed E-state index contributed by atoms with van der Waals surface area (Å²) >= 11 is 0. The van der Waals surface area contributed by atoms with E-state index in [1.165, 1.54) is 0 Å². The third-order valence-corrected chi connectivity index (χ3v) is 5.16. The number of alkyl halides is 3. The molecule has 6 nitrogen and oxygen atoms in total. The maximum Gasteiger partial charge on any atom is 0.471 e. The SMILES string of the molecule is C[C@]1(C(=O)[C@H](Cc2ccccc2)NC(=O)[C@H](CC2CC2)NC(=O)C(F)(F)F)CO1. The molecule has 2 aliphatic rings. The molecule has 1 aromatic rings. The van der Waals surface area contributed by atoms with Gasteiger partial charge in [-0.05, 0) is 31.2 Å². The highest BCUT2D eigenvalue weighted by molar-refractivity contribution is 5.98. The average molecular weight is 412 g/mol. The van der Waals surface area contributed by atoms with Gasteiger partial charge in [-0.3, -0.25) is 14.4 Å². The monoisotopic (exact) mass is 412 g/mol. The molecule has 3 rings (SSSR count). The van der Waals surface area contributed by atoms with E-state index in [4.69, 9.17) is 4.74 Å². The smallest absolute Gasteiger partial charge is 0.361 e. The molecule has 0 aromatic heterocycles. The number of epoxide rings is 1. The van der Waals surface area contributed by atoms with Gasteiger partial charge in [0.15, 0.2) is 5.78 Å². The number of hydrogen-bond acceptors (Lipinski definition) is 4. The van der Waals surface area contributed by atoms with Crippen LogP contribution in [0.25, 0.3) is 0 Å². The Morgan fingerprint density at radius 3 is 2.28 bits per heavy atom. The van der Waals surface area contributed by atoms with Crippen LogP contribution in [-0.2, 0) is 25.5 Å². The first-order valence-corrected chi connectivity index (χ1v) is 9.49. The number of carbonyl (C=O) groups is 3. The van der Waals surface area contributed by atoms with Crippen LogP contribution in [0, 0.1) is 5.92 Å². The molecule has 2 fully saturated rings. The maximum atomic E-state index is 12.8. The van der Waals surface area contributed by atoms with Gasteiger partial charge in [0, 0.05) is 0 Å². The summed E-state index contributed by atoms with van der Waals surface area (Å²) in [4.78, 5) is 36.9. The topological polar surface area (TPSA) is 87.8 Å². The summed E-state index contributed by atoms with van der Waals surface area (Å²) < 4.78 is 43.1. The Bertz CT molecular complexity index is 774. The van der Waals surface area contributed by atoms with Gasteiger partial charge >= 0.3 is 12.1 Å². The molecule has 9 heteroatoms. The lowest BCUT2D eigenvalue weighted by Crippen LogP contribution is -2.55. The van der Waals surface area contributed by atoms with Crippen molar-refractivity contribution in [2.75, 3.05) is 6.61 Å². The van der Waals surface area contributed by atoms with E-state index in [-0.39, 0.29) is 31.1 Å².